The molecule has 1 N–H and O–H groups in total. The van der Waals surface area contributed by atoms with Crippen LogP contribution in [0.5, 0.6) is 0 Å². The number of nitrogens with one attached hydrogen (secondary N) is 1. The molecule has 0 aliphatic carbocycles. The second-order valence-corrected chi connectivity index (χ2v) is 8.75. The number of hydrogen-bond donors (Lipinski definition) is 1. The molecule has 0 atom stereocenters. The summed E-state index contributed by atoms with van der Waals surface area (Å²) in [5.74, 6) is 1.33. The van der Waals surface area contributed by atoms with Crippen LogP contribution in [0.2, 0.25) is 0 Å². The Morgan fingerprint density at radius 1 is 1.00 bits per heavy atom. The highest BCUT2D eigenvalue weighted by Crippen LogP contribution is 2.32. The number of rotatable bonds is 9. The molecule has 0 aliphatic rings. The number of hydrogen-bond acceptors (Lipinski definition) is 6. The number of pyridine rings is 1. The highest BCUT2D eigenvalue weighted by Gasteiger charge is 2.20. The first-order chi connectivity index (χ1) is 17.6. The van der Waals surface area contributed by atoms with Gasteiger partial charge in [0, 0.05) is 42.5 Å². The van der Waals surface area contributed by atoms with Crippen molar-refractivity contribution in [2.75, 3.05) is 0 Å². The van der Waals surface area contributed by atoms with Gasteiger partial charge >= 0.3 is 5.69 Å². The third-order valence-corrected chi connectivity index (χ3v) is 6.47. The number of aromatic amines is 1. The average Bonchev–Trinajstić information content (AvgIpc) is 3.64. The zero-order chi connectivity index (χ0) is 25.1. The van der Waals surface area contributed by atoms with Gasteiger partial charge in [0.05, 0.1) is 12.7 Å². The topological polar surface area (TPSA) is 112 Å². The smallest absolute Gasteiger partial charge is 0.291 e. The number of aryl methyl sites for hydroxylation is 3. The van der Waals surface area contributed by atoms with Crippen LogP contribution in [-0.4, -0.2) is 44.5 Å². The van der Waals surface area contributed by atoms with Gasteiger partial charge in [-0.3, -0.25) is 18.8 Å². The third kappa shape index (κ3) is 4.26. The van der Waals surface area contributed by atoms with Gasteiger partial charge in [-0.15, -0.1) is 10.2 Å². The van der Waals surface area contributed by atoms with Crippen LogP contribution >= 0.6 is 0 Å². The summed E-state index contributed by atoms with van der Waals surface area (Å²) in [7, 11) is 1.87. The predicted octanol–water partition coefficient (Wildman–Crippen LogP) is 3.57. The summed E-state index contributed by atoms with van der Waals surface area (Å²) < 4.78 is 5.37. The van der Waals surface area contributed by atoms with Crippen LogP contribution in [0.1, 0.15) is 43.5 Å². The SMILES string of the molecule is CCCCc1cn(-c2c(CC)cnn2C)c(=O)n1Cc1cnccc1-c1ccccc1-c1nn[nH]n1. The van der Waals surface area contributed by atoms with Crippen LogP contribution in [0.3, 0.4) is 0 Å². The van der Waals surface area contributed by atoms with Crippen molar-refractivity contribution >= 4 is 0 Å². The van der Waals surface area contributed by atoms with Gasteiger partial charge in [-0.2, -0.15) is 10.3 Å². The van der Waals surface area contributed by atoms with Gasteiger partial charge in [-0.1, -0.05) is 44.5 Å². The molecule has 36 heavy (non-hydrogen) atoms. The van der Waals surface area contributed by atoms with Gasteiger partial charge in [0.1, 0.15) is 5.82 Å². The molecule has 4 heterocycles. The number of tetrazole rings is 1. The van der Waals surface area contributed by atoms with Crippen molar-refractivity contribution in [3.8, 4) is 28.3 Å². The molecule has 0 unspecified atom stereocenters. The molecule has 5 aromatic rings. The average molecular weight is 484 g/mol. The first-order valence-electron chi connectivity index (χ1n) is 12.2. The lowest BCUT2D eigenvalue weighted by Gasteiger charge is -2.14. The van der Waals surface area contributed by atoms with E-state index < -0.39 is 0 Å². The third-order valence-electron chi connectivity index (χ3n) is 6.47. The summed E-state index contributed by atoms with van der Waals surface area (Å²) in [5, 5.41) is 19.0. The van der Waals surface area contributed by atoms with E-state index in [1.807, 2.05) is 60.5 Å². The van der Waals surface area contributed by atoms with Crippen LogP contribution in [0.4, 0.5) is 0 Å². The van der Waals surface area contributed by atoms with Crippen molar-refractivity contribution in [3.05, 3.63) is 82.4 Å². The molecule has 0 spiro atoms. The summed E-state index contributed by atoms with van der Waals surface area (Å²) in [5.41, 5.74) is 5.67. The number of aromatic nitrogens is 9. The number of nitrogens with zero attached hydrogens (tertiary/aromatic N) is 8. The molecular weight excluding hydrogens is 454 g/mol. The number of imidazole rings is 1. The van der Waals surface area contributed by atoms with E-state index in [2.05, 4.69) is 44.6 Å². The fourth-order valence-corrected chi connectivity index (χ4v) is 4.62. The standard InChI is InChI=1S/C26H29N9O/c1-4-6-9-20-17-35(25-18(5-2)15-28-33(25)3)26(36)34(20)16-19-14-27-13-12-21(19)22-10-7-8-11-23(22)24-29-31-32-30-24/h7-8,10-15,17H,4-6,9,16H2,1-3H3,(H,29,30,31,32). The molecular formula is C26H29N9O. The monoisotopic (exact) mass is 483 g/mol. The minimum absolute atomic E-state index is 0.0827. The van der Waals surface area contributed by atoms with E-state index in [0.717, 1.165) is 65.0 Å². The molecule has 10 nitrogen and oxygen atoms in total. The van der Waals surface area contributed by atoms with Gasteiger partial charge in [-0.05, 0) is 47.2 Å². The Hall–Kier alpha value is -4.34. The van der Waals surface area contributed by atoms with Crippen LogP contribution in [-0.2, 0) is 26.4 Å². The first kappa shape index (κ1) is 23.4. The van der Waals surface area contributed by atoms with Crippen LogP contribution < -0.4 is 5.69 Å². The molecule has 184 valence electrons. The zero-order valence-corrected chi connectivity index (χ0v) is 20.7. The minimum atomic E-state index is -0.0827. The van der Waals surface area contributed by atoms with E-state index in [1.165, 1.54) is 0 Å². The Morgan fingerprint density at radius 2 is 1.83 bits per heavy atom. The predicted molar refractivity (Wildman–Crippen MR) is 137 cm³/mol. The van der Waals surface area contributed by atoms with E-state index in [0.29, 0.717) is 12.4 Å². The molecule has 0 radical (unpaired) electrons. The summed E-state index contributed by atoms with van der Waals surface area (Å²) in [6.45, 7) is 4.63. The van der Waals surface area contributed by atoms with Crippen LogP contribution in [0, 0.1) is 0 Å². The molecule has 0 bridgehead atoms. The van der Waals surface area contributed by atoms with Crippen LogP contribution in [0.25, 0.3) is 28.3 Å². The highest BCUT2D eigenvalue weighted by atomic mass is 16.1. The molecule has 0 saturated carbocycles. The number of benzene rings is 1. The molecule has 4 aromatic heterocycles. The van der Waals surface area contributed by atoms with Gasteiger partial charge < -0.3 is 0 Å². The summed E-state index contributed by atoms with van der Waals surface area (Å²) in [6, 6.07) is 9.89. The Morgan fingerprint density at radius 3 is 2.58 bits per heavy atom. The maximum absolute atomic E-state index is 13.8. The van der Waals surface area contributed by atoms with Crippen molar-refractivity contribution in [2.24, 2.45) is 7.05 Å². The summed E-state index contributed by atoms with van der Waals surface area (Å²) in [4.78, 5) is 18.2. The second kappa shape index (κ2) is 10.1. The second-order valence-electron chi connectivity index (χ2n) is 8.75. The molecule has 0 saturated heterocycles. The minimum Gasteiger partial charge on any atom is -0.291 e. The molecule has 1 aromatic carbocycles. The Bertz CT molecular complexity index is 1530. The quantitative estimate of drug-likeness (QED) is 0.343. The molecule has 0 aliphatic heterocycles. The molecule has 10 heteroatoms. The van der Waals surface area contributed by atoms with Crippen molar-refractivity contribution in [1.82, 2.24) is 44.5 Å². The van der Waals surface area contributed by atoms with E-state index in [1.54, 1.807) is 15.4 Å². The molecule has 0 amide bonds. The lowest BCUT2D eigenvalue weighted by molar-refractivity contribution is 0.663. The number of H-pyrrole nitrogens is 1. The van der Waals surface area contributed by atoms with Gasteiger partial charge in [0.25, 0.3) is 0 Å². The fraction of sp³-hybridized carbons (Fsp3) is 0.308. The molecule has 0 fully saturated rings. The van der Waals surface area contributed by atoms with Crippen molar-refractivity contribution in [3.63, 3.8) is 0 Å². The van der Waals surface area contributed by atoms with Crippen LogP contribution in [0.15, 0.2) is 59.9 Å². The van der Waals surface area contributed by atoms with Gasteiger partial charge in [0.15, 0.2) is 0 Å². The Labute approximate surface area is 208 Å². The van der Waals surface area contributed by atoms with Crippen molar-refractivity contribution < 1.29 is 0 Å². The summed E-state index contributed by atoms with van der Waals surface area (Å²) in [6.07, 6.45) is 11.0. The van der Waals surface area contributed by atoms with Gasteiger partial charge in [-0.25, -0.2) is 4.79 Å². The van der Waals surface area contributed by atoms with Gasteiger partial charge in [0.2, 0.25) is 5.82 Å². The lowest BCUT2D eigenvalue weighted by atomic mass is 9.96. The van der Waals surface area contributed by atoms with E-state index in [4.69, 9.17) is 0 Å². The fourth-order valence-electron chi connectivity index (χ4n) is 4.62. The first-order valence-corrected chi connectivity index (χ1v) is 12.2. The largest absolute Gasteiger partial charge is 0.334 e. The summed E-state index contributed by atoms with van der Waals surface area (Å²) >= 11 is 0. The normalized spacial score (nSPS) is 11.3. The molecule has 5 rings (SSSR count). The van der Waals surface area contributed by atoms with E-state index in [-0.39, 0.29) is 5.69 Å². The number of unbranched alkanes of at least 4 members (excludes halogenated alkanes) is 1. The van der Waals surface area contributed by atoms with Crippen molar-refractivity contribution in [2.45, 2.75) is 46.1 Å². The maximum atomic E-state index is 13.8. The Balaban J connectivity index is 1.62. The van der Waals surface area contributed by atoms with Crippen molar-refractivity contribution in [1.29, 1.82) is 0 Å². The highest BCUT2D eigenvalue weighted by molar-refractivity contribution is 5.81. The maximum Gasteiger partial charge on any atom is 0.334 e. The zero-order valence-electron chi connectivity index (χ0n) is 20.7. The van der Waals surface area contributed by atoms with E-state index in [9.17, 15) is 4.79 Å². The van der Waals surface area contributed by atoms with E-state index >= 15 is 0 Å². The lowest BCUT2D eigenvalue weighted by Crippen LogP contribution is -2.26. The Kier molecular flexibility index (Phi) is 6.57.